The highest BCUT2D eigenvalue weighted by Gasteiger charge is 2.45. The van der Waals surface area contributed by atoms with Crippen molar-refractivity contribution in [1.29, 1.82) is 0 Å². The molecule has 17 heteroatoms. The molecule has 2 aromatic heterocycles. The normalized spacial score (nSPS) is 19.4. The van der Waals surface area contributed by atoms with Gasteiger partial charge in [0.1, 0.15) is 22.1 Å². The molecular formula is C41H51F6N3O7S. The number of aromatic nitrogens is 1. The number of nitrogens with one attached hydrogen (secondary N) is 1. The van der Waals surface area contributed by atoms with E-state index in [9.17, 15) is 50.9 Å². The maximum Gasteiger partial charge on any atom is 0.425 e. The average Bonchev–Trinajstić information content (AvgIpc) is 3.61. The molecule has 1 aliphatic carbocycles. The van der Waals surface area contributed by atoms with E-state index in [1.807, 2.05) is 20.8 Å². The van der Waals surface area contributed by atoms with Crippen molar-refractivity contribution in [2.24, 2.45) is 11.3 Å². The highest BCUT2D eigenvalue weighted by molar-refractivity contribution is 7.10. The first-order valence-corrected chi connectivity index (χ1v) is 20.3. The minimum atomic E-state index is -4.75. The van der Waals surface area contributed by atoms with E-state index in [4.69, 9.17) is 9.84 Å². The summed E-state index contributed by atoms with van der Waals surface area (Å²) < 4.78 is 82.4. The molecule has 0 spiro atoms. The number of pyridine rings is 1. The summed E-state index contributed by atoms with van der Waals surface area (Å²) in [6, 6.07) is 9.25. The summed E-state index contributed by atoms with van der Waals surface area (Å²) in [4.78, 5) is 43.2. The largest absolute Gasteiger partial charge is 0.507 e. The number of carboxylic acid groups (broad SMARTS) is 1. The number of carboxylic acids is 1. The highest BCUT2D eigenvalue weighted by atomic mass is 32.1. The second-order valence-corrected chi connectivity index (χ2v) is 15.9. The van der Waals surface area contributed by atoms with Crippen molar-refractivity contribution in [2.75, 3.05) is 13.1 Å². The van der Waals surface area contributed by atoms with Crippen molar-refractivity contribution in [2.45, 2.75) is 121 Å². The number of rotatable bonds is 15. The summed E-state index contributed by atoms with van der Waals surface area (Å²) in [5.74, 6) is -2.38. The zero-order chi connectivity index (χ0) is 42.9. The molecule has 1 aromatic carbocycles. The number of amides is 2. The van der Waals surface area contributed by atoms with Crippen LogP contribution < -0.4 is 10.1 Å². The van der Waals surface area contributed by atoms with E-state index in [1.165, 1.54) is 4.90 Å². The molecule has 1 saturated carbocycles. The summed E-state index contributed by atoms with van der Waals surface area (Å²) in [7, 11) is 0. The number of nitrogens with zero attached hydrogens (tertiary/aromatic N) is 2. The number of thiophene rings is 1. The monoisotopic (exact) mass is 843 g/mol. The number of carbonyl (C=O) groups excluding carboxylic acids is 2. The number of halogens is 6. The Hall–Kier alpha value is -4.38. The third kappa shape index (κ3) is 11.4. The van der Waals surface area contributed by atoms with Crippen LogP contribution in [-0.4, -0.2) is 68.2 Å². The first-order valence-electron chi connectivity index (χ1n) is 19.4. The molecule has 0 bridgehead atoms. The standard InChI is InChI=1S/C36H48F3N3O6.C5H3F3OS/c1-4-11-28-25(12-9-23-42(28)32(44)30-27(36(37,38)39)14-8-21-40-30)31(43)41-22-20-35(47,5-2)26-13-6-7-15-29(26)48-24(3)16-19-34(33(45)46)17-10-18-34;6-5(7,8)4-1-3(9)2-10-4/h6-8,13-15,21,24-25,28,47H,4-5,9-12,16-20,22-23H2,1-3H3,(H,41,43)(H,45,46);1-2,9H. The second-order valence-electron chi connectivity index (χ2n) is 15.0. The fraction of sp³-hybridized carbons (Fsp3) is 0.561. The van der Waals surface area contributed by atoms with Crippen molar-refractivity contribution >= 4 is 29.1 Å². The lowest BCUT2D eigenvalue weighted by molar-refractivity contribution is -0.155. The number of benzene rings is 1. The van der Waals surface area contributed by atoms with E-state index in [-0.39, 0.29) is 37.3 Å². The molecule has 2 amide bonds. The number of hydrogen-bond donors (Lipinski definition) is 4. The molecule has 1 aliphatic heterocycles. The number of para-hydroxylation sites is 1. The first kappa shape index (κ1) is 46.3. The molecule has 3 aromatic rings. The van der Waals surface area contributed by atoms with Gasteiger partial charge in [-0.15, -0.1) is 11.3 Å². The van der Waals surface area contributed by atoms with Crippen LogP contribution in [0.3, 0.4) is 0 Å². The Morgan fingerprint density at radius 1 is 1.03 bits per heavy atom. The average molecular weight is 844 g/mol. The molecule has 2 fully saturated rings. The van der Waals surface area contributed by atoms with Gasteiger partial charge in [0.15, 0.2) is 0 Å². The Bertz CT molecular complexity index is 1850. The third-order valence-corrected chi connectivity index (χ3v) is 12.0. The molecule has 4 unspecified atom stereocenters. The van der Waals surface area contributed by atoms with Gasteiger partial charge in [-0.2, -0.15) is 26.3 Å². The van der Waals surface area contributed by atoms with Gasteiger partial charge < -0.3 is 30.3 Å². The van der Waals surface area contributed by atoms with E-state index >= 15 is 0 Å². The topological polar surface area (TPSA) is 149 Å². The van der Waals surface area contributed by atoms with Crippen LogP contribution in [0.5, 0.6) is 11.5 Å². The maximum absolute atomic E-state index is 13.7. The van der Waals surface area contributed by atoms with Crippen molar-refractivity contribution in [3.63, 3.8) is 0 Å². The van der Waals surface area contributed by atoms with E-state index < -0.39 is 63.3 Å². The minimum Gasteiger partial charge on any atom is -0.507 e. The Balaban J connectivity index is 0.000000648. The Labute approximate surface area is 337 Å². The van der Waals surface area contributed by atoms with Gasteiger partial charge in [0.25, 0.3) is 5.91 Å². The molecule has 4 N–H and O–H groups in total. The number of hydrogen-bond acceptors (Lipinski definition) is 8. The number of piperidine rings is 1. The molecule has 320 valence electrons. The number of carbonyl (C=O) groups is 3. The molecule has 5 rings (SSSR count). The molecule has 0 radical (unpaired) electrons. The predicted octanol–water partition coefficient (Wildman–Crippen LogP) is 9.20. The summed E-state index contributed by atoms with van der Waals surface area (Å²) in [5.41, 5.74) is -3.22. The zero-order valence-corrected chi connectivity index (χ0v) is 33.5. The predicted molar refractivity (Wildman–Crippen MR) is 204 cm³/mol. The fourth-order valence-corrected chi connectivity index (χ4v) is 8.23. The van der Waals surface area contributed by atoms with Crippen molar-refractivity contribution in [1.82, 2.24) is 15.2 Å². The lowest BCUT2D eigenvalue weighted by Crippen LogP contribution is -2.53. The Morgan fingerprint density at radius 2 is 1.72 bits per heavy atom. The van der Waals surface area contributed by atoms with Gasteiger partial charge in [0.2, 0.25) is 5.91 Å². The number of ether oxygens (including phenoxy) is 1. The highest BCUT2D eigenvalue weighted by Crippen LogP contribution is 2.46. The second kappa shape index (κ2) is 19.6. The van der Waals surface area contributed by atoms with Gasteiger partial charge in [-0.1, -0.05) is 44.9 Å². The van der Waals surface area contributed by atoms with Crippen LogP contribution >= 0.6 is 11.3 Å². The van der Waals surface area contributed by atoms with E-state index in [1.54, 1.807) is 24.3 Å². The molecule has 2 aliphatic rings. The first-order chi connectivity index (χ1) is 27.3. The molecule has 4 atom stereocenters. The van der Waals surface area contributed by atoms with Gasteiger partial charge in [-0.05, 0) is 82.9 Å². The molecule has 10 nitrogen and oxygen atoms in total. The number of aromatic hydroxyl groups is 1. The van der Waals surface area contributed by atoms with Gasteiger partial charge >= 0.3 is 18.3 Å². The quantitative estimate of drug-likeness (QED) is 0.111. The smallest absolute Gasteiger partial charge is 0.425 e. The summed E-state index contributed by atoms with van der Waals surface area (Å²) in [5, 5.41) is 34.0. The lowest BCUT2D eigenvalue weighted by atomic mass is 9.66. The summed E-state index contributed by atoms with van der Waals surface area (Å²) in [6.07, 6.45) is -2.39. The van der Waals surface area contributed by atoms with Crippen LogP contribution in [0.15, 0.2) is 54.0 Å². The maximum atomic E-state index is 13.7. The zero-order valence-electron chi connectivity index (χ0n) is 32.7. The van der Waals surface area contributed by atoms with Crippen molar-refractivity contribution in [3.05, 3.63) is 75.7 Å². The fourth-order valence-electron chi connectivity index (χ4n) is 7.59. The summed E-state index contributed by atoms with van der Waals surface area (Å²) in [6.45, 7) is 5.97. The van der Waals surface area contributed by atoms with Crippen LogP contribution in [0.25, 0.3) is 0 Å². The number of likely N-dealkylation sites (tertiary alicyclic amines) is 1. The Morgan fingerprint density at radius 3 is 2.28 bits per heavy atom. The van der Waals surface area contributed by atoms with Gasteiger partial charge in [0, 0.05) is 42.3 Å². The van der Waals surface area contributed by atoms with E-state index in [2.05, 4.69) is 10.3 Å². The molecule has 58 heavy (non-hydrogen) atoms. The molecule has 3 heterocycles. The lowest BCUT2D eigenvalue weighted by Gasteiger charge is -2.41. The van der Waals surface area contributed by atoms with E-state index in [0.29, 0.717) is 86.5 Å². The molecule has 1 saturated heterocycles. The van der Waals surface area contributed by atoms with Crippen LogP contribution in [-0.2, 0) is 27.5 Å². The van der Waals surface area contributed by atoms with Crippen molar-refractivity contribution in [3.8, 4) is 11.5 Å². The number of aliphatic hydroxyl groups is 1. The third-order valence-electron chi connectivity index (χ3n) is 11.1. The van der Waals surface area contributed by atoms with Gasteiger partial charge in [0.05, 0.1) is 28.6 Å². The summed E-state index contributed by atoms with van der Waals surface area (Å²) >= 11 is 0.481. The van der Waals surface area contributed by atoms with Crippen LogP contribution in [0.4, 0.5) is 26.3 Å². The van der Waals surface area contributed by atoms with Gasteiger partial charge in [-0.25, -0.2) is 0 Å². The SMILES string of the molecule is CCCC1C(C(=O)NCCC(O)(CC)c2ccccc2OC(C)CCC2(C(=O)O)CCC2)CCCN1C(=O)c1ncccc1C(F)(F)F.Oc1csc(C(F)(F)F)c1. The van der Waals surface area contributed by atoms with Gasteiger partial charge in [-0.3, -0.25) is 19.4 Å². The number of aliphatic carboxylic acids is 1. The Kier molecular flexibility index (Phi) is 15.6. The van der Waals surface area contributed by atoms with Crippen molar-refractivity contribution < 1.29 is 60.8 Å². The van der Waals surface area contributed by atoms with Crippen LogP contribution in [0.1, 0.15) is 118 Å². The van der Waals surface area contributed by atoms with E-state index in [0.717, 1.165) is 30.1 Å². The molecular weight excluding hydrogens is 793 g/mol. The van der Waals surface area contributed by atoms with Crippen LogP contribution in [0, 0.1) is 11.3 Å². The number of alkyl halides is 6. The minimum absolute atomic E-state index is 0.121. The van der Waals surface area contributed by atoms with Crippen LogP contribution in [0.2, 0.25) is 0 Å².